The van der Waals surface area contributed by atoms with Gasteiger partial charge in [-0.15, -0.1) is 0 Å². The SMILES string of the molecule is COc1ccc(C(N)c2cnc3ccccc3c2)cc1. The molecule has 2 aromatic carbocycles. The zero-order valence-electron chi connectivity index (χ0n) is 11.3. The minimum Gasteiger partial charge on any atom is -0.497 e. The van der Waals surface area contributed by atoms with Crippen LogP contribution < -0.4 is 10.5 Å². The molecule has 100 valence electrons. The monoisotopic (exact) mass is 264 g/mol. The van der Waals surface area contributed by atoms with Crippen LogP contribution in [0.4, 0.5) is 0 Å². The molecule has 1 atom stereocenters. The van der Waals surface area contributed by atoms with Crippen molar-refractivity contribution in [3.05, 3.63) is 71.9 Å². The molecule has 0 saturated carbocycles. The maximum atomic E-state index is 6.32. The van der Waals surface area contributed by atoms with Gasteiger partial charge < -0.3 is 10.5 Å². The highest BCUT2D eigenvalue weighted by molar-refractivity contribution is 5.78. The average Bonchev–Trinajstić information content (AvgIpc) is 2.54. The van der Waals surface area contributed by atoms with E-state index in [0.29, 0.717) is 0 Å². The van der Waals surface area contributed by atoms with Crippen LogP contribution >= 0.6 is 0 Å². The number of aromatic nitrogens is 1. The van der Waals surface area contributed by atoms with Crippen LogP contribution in [-0.2, 0) is 0 Å². The lowest BCUT2D eigenvalue weighted by Gasteiger charge is -2.13. The molecule has 20 heavy (non-hydrogen) atoms. The predicted octanol–water partition coefficient (Wildman–Crippen LogP) is 3.29. The first-order valence-electron chi connectivity index (χ1n) is 6.52. The van der Waals surface area contributed by atoms with Crippen molar-refractivity contribution in [1.82, 2.24) is 4.98 Å². The Balaban J connectivity index is 1.96. The van der Waals surface area contributed by atoms with E-state index in [0.717, 1.165) is 27.8 Å². The van der Waals surface area contributed by atoms with Gasteiger partial charge >= 0.3 is 0 Å². The second kappa shape index (κ2) is 5.31. The number of methoxy groups -OCH3 is 1. The summed E-state index contributed by atoms with van der Waals surface area (Å²) in [6.45, 7) is 0. The molecular formula is C17H16N2O. The molecule has 0 aliphatic carbocycles. The fraction of sp³-hybridized carbons (Fsp3) is 0.118. The van der Waals surface area contributed by atoms with Gasteiger partial charge in [-0.1, -0.05) is 30.3 Å². The fourth-order valence-corrected chi connectivity index (χ4v) is 2.26. The Morgan fingerprint density at radius 2 is 1.75 bits per heavy atom. The number of nitrogens with two attached hydrogens (primary N) is 1. The van der Waals surface area contributed by atoms with Gasteiger partial charge in [-0.2, -0.15) is 0 Å². The molecular weight excluding hydrogens is 248 g/mol. The third kappa shape index (κ3) is 2.36. The number of rotatable bonds is 3. The number of nitrogens with zero attached hydrogens (tertiary/aromatic N) is 1. The smallest absolute Gasteiger partial charge is 0.118 e. The van der Waals surface area contributed by atoms with E-state index in [4.69, 9.17) is 10.5 Å². The van der Waals surface area contributed by atoms with Crippen molar-refractivity contribution in [2.45, 2.75) is 6.04 Å². The second-order valence-electron chi connectivity index (χ2n) is 4.71. The lowest BCUT2D eigenvalue weighted by molar-refractivity contribution is 0.414. The number of pyridine rings is 1. The molecule has 0 bridgehead atoms. The molecule has 0 spiro atoms. The summed E-state index contributed by atoms with van der Waals surface area (Å²) in [7, 11) is 1.65. The molecule has 3 rings (SSSR count). The van der Waals surface area contributed by atoms with E-state index in [1.54, 1.807) is 7.11 Å². The summed E-state index contributed by atoms with van der Waals surface area (Å²) < 4.78 is 5.16. The number of hydrogen-bond acceptors (Lipinski definition) is 3. The average molecular weight is 264 g/mol. The van der Waals surface area contributed by atoms with Gasteiger partial charge in [0, 0.05) is 11.6 Å². The highest BCUT2D eigenvalue weighted by atomic mass is 16.5. The number of ether oxygens (including phenoxy) is 1. The van der Waals surface area contributed by atoms with Crippen molar-refractivity contribution < 1.29 is 4.74 Å². The van der Waals surface area contributed by atoms with E-state index in [1.807, 2.05) is 54.7 Å². The van der Waals surface area contributed by atoms with Crippen LogP contribution in [0.5, 0.6) is 5.75 Å². The first kappa shape index (κ1) is 12.6. The minimum atomic E-state index is -0.182. The van der Waals surface area contributed by atoms with E-state index >= 15 is 0 Å². The standard InChI is InChI=1S/C17H16N2O/c1-20-15-8-6-12(7-9-15)17(18)14-10-13-4-2-3-5-16(13)19-11-14/h2-11,17H,18H2,1H3. The molecule has 0 fully saturated rings. The van der Waals surface area contributed by atoms with Crippen LogP contribution in [0.1, 0.15) is 17.2 Å². The zero-order chi connectivity index (χ0) is 13.9. The van der Waals surface area contributed by atoms with E-state index in [1.165, 1.54) is 0 Å². The van der Waals surface area contributed by atoms with Gasteiger partial charge in [-0.25, -0.2) is 0 Å². The molecule has 1 heterocycles. The molecule has 1 aromatic heterocycles. The number of benzene rings is 2. The van der Waals surface area contributed by atoms with Gasteiger partial charge in [0.2, 0.25) is 0 Å². The number of hydrogen-bond donors (Lipinski definition) is 1. The summed E-state index contributed by atoms with van der Waals surface area (Å²) in [6.07, 6.45) is 1.84. The Labute approximate surface area is 118 Å². The topological polar surface area (TPSA) is 48.1 Å². The number of fused-ring (bicyclic) bond motifs is 1. The molecule has 0 aliphatic rings. The van der Waals surface area contributed by atoms with Gasteiger partial charge in [-0.05, 0) is 35.4 Å². The third-order valence-corrected chi connectivity index (χ3v) is 3.45. The van der Waals surface area contributed by atoms with Crippen LogP contribution in [0.3, 0.4) is 0 Å². The summed E-state index contributed by atoms with van der Waals surface area (Å²) in [6, 6.07) is 17.8. The van der Waals surface area contributed by atoms with Crippen molar-refractivity contribution in [3.63, 3.8) is 0 Å². The quantitative estimate of drug-likeness (QED) is 0.789. The van der Waals surface area contributed by atoms with E-state index in [2.05, 4.69) is 11.1 Å². The van der Waals surface area contributed by atoms with Gasteiger partial charge in [-0.3, -0.25) is 4.98 Å². The van der Waals surface area contributed by atoms with Crippen LogP contribution in [0.25, 0.3) is 10.9 Å². The summed E-state index contributed by atoms with van der Waals surface area (Å²) >= 11 is 0. The molecule has 3 heteroatoms. The van der Waals surface area contributed by atoms with Crippen molar-refractivity contribution in [2.24, 2.45) is 5.73 Å². The first-order valence-corrected chi connectivity index (χ1v) is 6.52. The van der Waals surface area contributed by atoms with Crippen molar-refractivity contribution >= 4 is 10.9 Å². The zero-order valence-corrected chi connectivity index (χ0v) is 11.3. The first-order chi connectivity index (χ1) is 9.78. The van der Waals surface area contributed by atoms with Gasteiger partial charge in [0.25, 0.3) is 0 Å². The molecule has 3 nitrogen and oxygen atoms in total. The summed E-state index contributed by atoms with van der Waals surface area (Å²) in [5, 5.41) is 1.11. The largest absolute Gasteiger partial charge is 0.497 e. The normalized spacial score (nSPS) is 12.3. The Morgan fingerprint density at radius 1 is 1.00 bits per heavy atom. The van der Waals surface area contributed by atoms with Crippen molar-refractivity contribution in [3.8, 4) is 5.75 Å². The molecule has 0 aliphatic heterocycles. The van der Waals surface area contributed by atoms with Crippen LogP contribution in [0.15, 0.2) is 60.8 Å². The lowest BCUT2D eigenvalue weighted by Crippen LogP contribution is -2.12. The van der Waals surface area contributed by atoms with Crippen LogP contribution in [0.2, 0.25) is 0 Å². The maximum absolute atomic E-state index is 6.32. The van der Waals surface area contributed by atoms with Crippen LogP contribution in [0, 0.1) is 0 Å². The van der Waals surface area contributed by atoms with Crippen molar-refractivity contribution in [1.29, 1.82) is 0 Å². The minimum absolute atomic E-state index is 0.182. The second-order valence-corrected chi connectivity index (χ2v) is 4.71. The Morgan fingerprint density at radius 3 is 2.50 bits per heavy atom. The summed E-state index contributed by atoms with van der Waals surface area (Å²) in [5.41, 5.74) is 9.36. The summed E-state index contributed by atoms with van der Waals surface area (Å²) in [5.74, 6) is 0.831. The predicted molar refractivity (Wildman–Crippen MR) is 80.8 cm³/mol. The Hall–Kier alpha value is -2.39. The van der Waals surface area contributed by atoms with Gasteiger partial charge in [0.05, 0.1) is 18.7 Å². The highest BCUT2D eigenvalue weighted by Crippen LogP contribution is 2.23. The van der Waals surface area contributed by atoms with E-state index in [9.17, 15) is 0 Å². The Bertz CT molecular complexity index is 722. The van der Waals surface area contributed by atoms with Crippen LogP contribution in [-0.4, -0.2) is 12.1 Å². The Kier molecular flexibility index (Phi) is 3.35. The van der Waals surface area contributed by atoms with Crippen molar-refractivity contribution in [2.75, 3.05) is 7.11 Å². The molecule has 3 aromatic rings. The molecule has 0 amide bonds. The van der Waals surface area contributed by atoms with Gasteiger partial charge in [0.1, 0.15) is 5.75 Å². The fourth-order valence-electron chi connectivity index (χ4n) is 2.26. The number of para-hydroxylation sites is 1. The lowest BCUT2D eigenvalue weighted by atomic mass is 10.00. The highest BCUT2D eigenvalue weighted by Gasteiger charge is 2.10. The van der Waals surface area contributed by atoms with E-state index < -0.39 is 0 Å². The molecule has 1 unspecified atom stereocenters. The summed E-state index contributed by atoms with van der Waals surface area (Å²) in [4.78, 5) is 4.46. The maximum Gasteiger partial charge on any atom is 0.118 e. The molecule has 2 N–H and O–H groups in total. The van der Waals surface area contributed by atoms with Gasteiger partial charge in [0.15, 0.2) is 0 Å². The van der Waals surface area contributed by atoms with E-state index in [-0.39, 0.29) is 6.04 Å². The molecule has 0 saturated heterocycles. The molecule has 0 radical (unpaired) electrons. The third-order valence-electron chi connectivity index (χ3n) is 3.45.